The first-order valence-corrected chi connectivity index (χ1v) is 8.23. The number of nitrogens with one attached hydrogen (secondary N) is 2. The molecule has 0 atom stereocenters. The summed E-state index contributed by atoms with van der Waals surface area (Å²) in [6.07, 6.45) is 2.34. The van der Waals surface area contributed by atoms with Crippen molar-refractivity contribution in [2.75, 3.05) is 25.1 Å². The number of thiocarbonyl (C=S) groups is 1. The average Bonchev–Trinajstić information content (AvgIpc) is 2.54. The number of piperidine rings is 1. The molecule has 2 N–H and O–H groups in total. The quantitative estimate of drug-likeness (QED) is 0.811. The zero-order valence-corrected chi connectivity index (χ0v) is 14.5. The molecular weight excluding hydrogens is 350 g/mol. The standard InChI is InChI=1S/C16H18F2N4O2S/c1-24-16(25)19-8-10-9-22(20-10)11-6-13(17)15(14(18)7-11)21-4-2-12(23)3-5-21/h6-7,9,20H,2-5,8H2,1H3,(H,19,25). The molecule has 0 bridgehead atoms. The lowest BCUT2D eigenvalue weighted by molar-refractivity contribution is -0.119. The van der Waals surface area contributed by atoms with Crippen LogP contribution in [-0.2, 0) is 16.1 Å². The Labute approximate surface area is 148 Å². The minimum absolute atomic E-state index is 0.0758. The molecule has 0 radical (unpaired) electrons. The van der Waals surface area contributed by atoms with E-state index in [0.717, 1.165) is 5.69 Å². The molecule has 1 saturated heterocycles. The van der Waals surface area contributed by atoms with Gasteiger partial charge in [0.25, 0.3) is 5.17 Å². The maximum absolute atomic E-state index is 14.4. The van der Waals surface area contributed by atoms with Crippen LogP contribution in [0.4, 0.5) is 14.5 Å². The predicted molar refractivity (Wildman–Crippen MR) is 92.9 cm³/mol. The van der Waals surface area contributed by atoms with Crippen LogP contribution in [0.1, 0.15) is 18.5 Å². The van der Waals surface area contributed by atoms with E-state index in [1.165, 1.54) is 23.9 Å². The lowest BCUT2D eigenvalue weighted by atomic mass is 10.1. The highest BCUT2D eigenvalue weighted by molar-refractivity contribution is 7.80. The number of anilines is 1. The summed E-state index contributed by atoms with van der Waals surface area (Å²) in [7, 11) is 1.47. The molecule has 2 heterocycles. The Morgan fingerprint density at radius 2 is 1.92 bits per heavy atom. The summed E-state index contributed by atoms with van der Waals surface area (Å²) in [5.41, 5.74) is 1.08. The van der Waals surface area contributed by atoms with Gasteiger partial charge in [-0.15, -0.1) is 0 Å². The number of rotatable bonds is 4. The van der Waals surface area contributed by atoms with Crippen LogP contribution >= 0.6 is 12.2 Å². The van der Waals surface area contributed by atoms with E-state index in [9.17, 15) is 13.6 Å². The number of carbonyl (C=O) groups is 1. The van der Waals surface area contributed by atoms with Gasteiger partial charge in [-0.2, -0.15) is 0 Å². The van der Waals surface area contributed by atoms with E-state index in [1.807, 2.05) is 0 Å². The van der Waals surface area contributed by atoms with E-state index in [4.69, 9.17) is 17.0 Å². The van der Waals surface area contributed by atoms with Crippen molar-refractivity contribution in [1.82, 2.24) is 15.1 Å². The number of carbonyl (C=O) groups excluding carboxylic acids is 1. The van der Waals surface area contributed by atoms with E-state index in [0.29, 0.717) is 38.2 Å². The van der Waals surface area contributed by atoms with Crippen molar-refractivity contribution in [2.45, 2.75) is 19.4 Å². The Morgan fingerprint density at radius 3 is 2.48 bits per heavy atom. The Balaban J connectivity index is 1.72. The Hall–Kier alpha value is -2.42. The number of aromatic amines is 1. The molecule has 134 valence electrons. The van der Waals surface area contributed by atoms with Crippen molar-refractivity contribution < 1.29 is 18.3 Å². The normalized spacial score (nSPS) is 14.7. The third-order valence-electron chi connectivity index (χ3n) is 4.07. The largest absolute Gasteiger partial charge is 0.474 e. The van der Waals surface area contributed by atoms with Crippen molar-refractivity contribution in [3.8, 4) is 5.69 Å². The molecule has 9 heteroatoms. The van der Waals surface area contributed by atoms with Gasteiger partial charge in [0.15, 0.2) is 11.6 Å². The fourth-order valence-corrected chi connectivity index (χ4v) is 2.81. The lowest BCUT2D eigenvalue weighted by Crippen LogP contribution is -2.35. The number of methoxy groups -OCH3 is 1. The molecule has 25 heavy (non-hydrogen) atoms. The van der Waals surface area contributed by atoms with Gasteiger partial charge in [-0.1, -0.05) is 0 Å². The Bertz CT molecular complexity index is 757. The van der Waals surface area contributed by atoms with Gasteiger partial charge in [-0.05, 0) is 12.2 Å². The number of ketones is 1. The molecular formula is C16H18F2N4O2S. The summed E-state index contributed by atoms with van der Waals surface area (Å²) in [5, 5.41) is 6.08. The van der Waals surface area contributed by atoms with Gasteiger partial charge in [-0.25, -0.2) is 8.78 Å². The third-order valence-corrected chi connectivity index (χ3v) is 4.39. The second-order valence-electron chi connectivity index (χ2n) is 5.77. The first-order chi connectivity index (χ1) is 12.0. The topological polar surface area (TPSA) is 62.3 Å². The highest BCUT2D eigenvalue weighted by Gasteiger charge is 2.23. The molecule has 0 saturated carbocycles. The smallest absolute Gasteiger partial charge is 0.256 e. The number of halogens is 2. The van der Waals surface area contributed by atoms with E-state index >= 15 is 0 Å². The van der Waals surface area contributed by atoms with Gasteiger partial charge in [0.2, 0.25) is 0 Å². The van der Waals surface area contributed by atoms with Gasteiger partial charge >= 0.3 is 0 Å². The zero-order chi connectivity index (χ0) is 18.0. The fraction of sp³-hybridized carbons (Fsp3) is 0.375. The van der Waals surface area contributed by atoms with Crippen LogP contribution in [0.25, 0.3) is 5.69 Å². The number of benzene rings is 1. The van der Waals surface area contributed by atoms with Crippen molar-refractivity contribution in [3.63, 3.8) is 0 Å². The SMILES string of the molecule is COC(=S)NCc1cn(-c2cc(F)c(N3CCC(=O)CC3)c(F)c2)[nH]1. The molecule has 1 aromatic carbocycles. The van der Waals surface area contributed by atoms with Crippen molar-refractivity contribution in [2.24, 2.45) is 0 Å². The number of ether oxygens (including phenoxy) is 1. The van der Waals surface area contributed by atoms with Crippen LogP contribution in [-0.4, -0.2) is 40.9 Å². The molecule has 3 rings (SSSR count). The second-order valence-corrected chi connectivity index (χ2v) is 6.14. The molecule has 1 fully saturated rings. The zero-order valence-electron chi connectivity index (χ0n) is 13.6. The Morgan fingerprint density at radius 1 is 1.32 bits per heavy atom. The van der Waals surface area contributed by atoms with Gasteiger partial charge in [0, 0.05) is 44.3 Å². The van der Waals surface area contributed by atoms with Crippen LogP contribution < -0.4 is 10.2 Å². The van der Waals surface area contributed by atoms with Crippen LogP contribution in [0.15, 0.2) is 18.3 Å². The minimum Gasteiger partial charge on any atom is -0.474 e. The maximum Gasteiger partial charge on any atom is 0.256 e. The summed E-state index contributed by atoms with van der Waals surface area (Å²) in [6, 6.07) is 2.53. The number of H-pyrrole nitrogens is 1. The molecule has 0 aliphatic carbocycles. The highest BCUT2D eigenvalue weighted by Crippen LogP contribution is 2.28. The fourth-order valence-electron chi connectivity index (χ4n) is 2.74. The first-order valence-electron chi connectivity index (χ1n) is 7.82. The summed E-state index contributed by atoms with van der Waals surface area (Å²) in [6.45, 7) is 1.10. The van der Waals surface area contributed by atoms with Crippen LogP contribution in [0, 0.1) is 11.6 Å². The second kappa shape index (κ2) is 7.22. The summed E-state index contributed by atoms with van der Waals surface area (Å²) in [5.74, 6) is -1.17. The van der Waals surface area contributed by atoms with Crippen molar-refractivity contribution in [1.29, 1.82) is 0 Å². The predicted octanol–water partition coefficient (Wildman–Crippen LogP) is 2.27. The summed E-state index contributed by atoms with van der Waals surface area (Å²) < 4.78 is 35.2. The molecule has 0 spiro atoms. The molecule has 1 aliphatic heterocycles. The maximum atomic E-state index is 14.4. The summed E-state index contributed by atoms with van der Waals surface area (Å²) >= 11 is 4.86. The number of nitrogens with zero attached hydrogens (tertiary/aromatic N) is 2. The number of aromatic nitrogens is 2. The van der Waals surface area contributed by atoms with Crippen molar-refractivity contribution >= 4 is 28.9 Å². The lowest BCUT2D eigenvalue weighted by Gasteiger charge is -2.29. The monoisotopic (exact) mass is 368 g/mol. The minimum atomic E-state index is -0.647. The molecule has 2 aromatic rings. The van der Waals surface area contributed by atoms with Gasteiger partial charge in [-0.3, -0.25) is 14.6 Å². The van der Waals surface area contributed by atoms with E-state index in [1.54, 1.807) is 11.1 Å². The summed E-state index contributed by atoms with van der Waals surface area (Å²) in [4.78, 5) is 12.9. The van der Waals surface area contributed by atoms with E-state index in [-0.39, 0.29) is 16.6 Å². The molecule has 6 nitrogen and oxygen atoms in total. The average molecular weight is 368 g/mol. The van der Waals surface area contributed by atoms with Crippen molar-refractivity contribution in [3.05, 3.63) is 35.7 Å². The first kappa shape index (κ1) is 17.4. The van der Waals surface area contributed by atoms with Gasteiger partial charge in [0.05, 0.1) is 25.0 Å². The number of hydrogen-bond acceptors (Lipinski definition) is 4. The third kappa shape index (κ3) is 3.81. The van der Waals surface area contributed by atoms with E-state index in [2.05, 4.69) is 10.4 Å². The highest BCUT2D eigenvalue weighted by atomic mass is 32.1. The number of hydrogen-bond donors (Lipinski definition) is 2. The number of Topliss-reactive ketones (excluding diaryl/α,β-unsaturated/α-hetero) is 1. The molecule has 1 aromatic heterocycles. The van der Waals surface area contributed by atoms with Gasteiger partial charge in [0.1, 0.15) is 11.5 Å². The molecule has 0 unspecified atom stereocenters. The van der Waals surface area contributed by atoms with E-state index < -0.39 is 11.6 Å². The van der Waals surface area contributed by atoms with Crippen LogP contribution in [0.3, 0.4) is 0 Å². The Kier molecular flexibility index (Phi) is 5.03. The van der Waals surface area contributed by atoms with Crippen LogP contribution in [0.2, 0.25) is 0 Å². The van der Waals surface area contributed by atoms with Crippen LogP contribution in [0.5, 0.6) is 0 Å². The molecule has 1 aliphatic rings. The van der Waals surface area contributed by atoms with Gasteiger partial charge < -0.3 is 15.0 Å². The molecule has 0 amide bonds.